The van der Waals surface area contributed by atoms with Gasteiger partial charge < -0.3 is 43.5 Å². The van der Waals surface area contributed by atoms with Crippen molar-refractivity contribution in [2.75, 3.05) is 64.3 Å². The van der Waals surface area contributed by atoms with Crippen molar-refractivity contribution in [3.05, 3.63) is 209 Å². The minimum Gasteiger partial charge on any atom is -0.550 e. The number of aryl methyl sites for hydroxylation is 9. The molecule has 0 amide bonds. The van der Waals surface area contributed by atoms with Gasteiger partial charge in [0, 0.05) is 57.9 Å². The van der Waals surface area contributed by atoms with Crippen LogP contribution in [-0.4, -0.2) is 194 Å². The van der Waals surface area contributed by atoms with E-state index in [1.165, 1.54) is 40.6 Å². The number of carboxylic acids is 5. The van der Waals surface area contributed by atoms with Crippen LogP contribution in [0.15, 0.2) is 109 Å². The fourth-order valence-corrected chi connectivity index (χ4v) is 13.2. The summed E-state index contributed by atoms with van der Waals surface area (Å²) in [6.45, 7) is 15.1. The third kappa shape index (κ3) is 32.1. The van der Waals surface area contributed by atoms with Crippen molar-refractivity contribution >= 4 is 75.1 Å². The monoisotopic (exact) mass is 1910 g/mol. The third-order valence-corrected chi connectivity index (χ3v) is 20.1. The summed E-state index contributed by atoms with van der Waals surface area (Å²) in [4.78, 5) is 134. The molecule has 10 unspecified atom stereocenters. The molecule has 134 heavy (non-hydrogen) atoms. The number of aromatic nitrogens is 15. The predicted molar refractivity (Wildman–Crippen MR) is 453 cm³/mol. The predicted octanol–water partition coefficient (Wildman–Crippen LogP) is 0.932. The number of hydrogen-bond donors (Lipinski definition) is 10. The van der Waals surface area contributed by atoms with E-state index in [0.717, 1.165) is 33.4 Å². The first-order valence-corrected chi connectivity index (χ1v) is 40.5. The van der Waals surface area contributed by atoms with Crippen LogP contribution in [0.4, 0.5) is 22.7 Å². The molecule has 0 aliphatic heterocycles. The second kappa shape index (κ2) is 54.3. The number of aromatic amines is 5. The molecular weight excluding hydrogens is 1820 g/mol. The van der Waals surface area contributed by atoms with E-state index in [9.17, 15) is 88.8 Å². The Morgan fingerprint density at radius 2 is 0.746 bits per heavy atom. The first-order valence-electron chi connectivity index (χ1n) is 38.4. The summed E-state index contributed by atoms with van der Waals surface area (Å²) in [5.41, 5.74) is 8.97. The Morgan fingerprint density at radius 3 is 1.07 bits per heavy atom. The van der Waals surface area contributed by atoms with Gasteiger partial charge in [0.15, 0.2) is 29.1 Å². The number of anilines is 2. The average molecular weight is 1910 g/mol. The minimum atomic E-state index is -1.88. The SMILES string of the molecule is COOCC(C#N)C(C(=O)O)c1n[nH]c(C)n1.COOCC(C#N)C(C(=O)O)c1nc(-c2ccc(C)c(NS(=O)Oc3cc(C)ccc3C)c2)n[nH]1.COOCC(C#N)C(C(=O)O)c1nc(-c2ccc(C)c([N+](=O)[O-])c2)n[nH]1.COOCC(C#N)C(C(=O)[O-])c1nc(-c2ccc(C)c(NS(=O)Oc3cc(C)ccc3C)c2)n[nH]1.Cc1ccc(-c2n[nH]c(CC(=O)[O-])n2)cc1[N+](=O)[O-].[Na+].[Na+]. The van der Waals surface area contributed by atoms with Crippen molar-refractivity contribution in [3.8, 4) is 81.3 Å². The summed E-state index contributed by atoms with van der Waals surface area (Å²) < 4.78 is 42.0. The second-order valence-corrected chi connectivity index (χ2v) is 29.7. The Kier molecular flexibility index (Phi) is 44.9. The summed E-state index contributed by atoms with van der Waals surface area (Å²) in [6, 6.07) is 38.0. The maximum absolute atomic E-state index is 12.6. The summed E-state index contributed by atoms with van der Waals surface area (Å²) in [5, 5.41) is 141. The average Bonchev–Trinajstić information content (AvgIpc) is 1.66. The molecule has 694 valence electrons. The fourth-order valence-electron chi connectivity index (χ4n) is 11.7. The number of carboxylic acid groups (broad SMARTS) is 5. The number of nitrogens with zero attached hydrogens (tertiary/aromatic N) is 16. The number of nitro benzene ring substituents is 2. The Morgan fingerprint density at radius 1 is 0.425 bits per heavy atom. The van der Waals surface area contributed by atoms with Crippen molar-refractivity contribution in [1.82, 2.24) is 75.9 Å². The Bertz CT molecular complexity index is 5930. The van der Waals surface area contributed by atoms with E-state index in [4.69, 9.17) is 28.5 Å². The van der Waals surface area contributed by atoms with Crippen LogP contribution >= 0.6 is 0 Å². The standard InChI is InChI=1S/2C23H25N5O6S.C15H15N5O6.C11H10N4O4.C9H12N4O4.2Na/c2*1-13-5-6-15(3)19(9-13)34-35(31)28-18-10-16(8-7-14(18)2)21-25-22(27-26-21)20(23(29)30)17(11-24)12-33-32-4;1-8-3-4-9(5-11(8)20(23)24)13-17-14(19-18-13)12(15(21)22)10(6-16)7-26-25-2;1-6-2-3-7(4-8(6)15(18)19)11-12-9(13-14-11)5-10(16)17;1-5-11-8(13-12-5)7(9(14)15)6(3-10)4-17-16-2;;/h2*5-10,17,20,28H,12H2,1-4H3,(H,29,30)(H,25,26,27);3-5,10,12H,7H2,1-2H3,(H,21,22)(H,17,18,19);2-4H,5H2,1H3,(H,16,17)(H,12,13,14);6-7H,4H2,1-2H3,(H,14,15)(H,11,12,13);;/q;;;;;2*+1/p-2. The Balaban J connectivity index is 0.000000303. The molecule has 11 aromatic rings. The Hall–Kier alpha value is -13.7. The molecular formula is C81H85N23Na2O26S2. The molecule has 0 radical (unpaired) electrons. The van der Waals surface area contributed by atoms with Crippen molar-refractivity contribution in [2.24, 2.45) is 23.7 Å². The van der Waals surface area contributed by atoms with Gasteiger partial charge in [-0.25, -0.2) is 64.0 Å². The van der Waals surface area contributed by atoms with Crippen LogP contribution < -0.4 is 87.1 Å². The number of aliphatic carboxylic acids is 5. The van der Waals surface area contributed by atoms with E-state index in [1.54, 1.807) is 93.6 Å². The molecule has 0 fully saturated rings. The Labute approximate surface area is 811 Å². The normalized spacial score (nSPS) is 12.8. The quantitative estimate of drug-likeness (QED) is 0.0111. The second-order valence-electron chi connectivity index (χ2n) is 28.0. The van der Waals surface area contributed by atoms with Gasteiger partial charge in [-0.2, -0.15) is 55.0 Å². The van der Waals surface area contributed by atoms with Crippen LogP contribution in [0.5, 0.6) is 11.5 Å². The number of nitriles is 4. The first-order chi connectivity index (χ1) is 62.9. The van der Waals surface area contributed by atoms with Crippen LogP contribution in [0.3, 0.4) is 0 Å². The summed E-state index contributed by atoms with van der Waals surface area (Å²) >= 11 is -3.75. The van der Waals surface area contributed by atoms with Crippen LogP contribution in [0.25, 0.3) is 45.6 Å². The smallest absolute Gasteiger partial charge is 0.550 e. The van der Waals surface area contributed by atoms with E-state index < -0.39 is 110 Å². The van der Waals surface area contributed by atoms with Crippen LogP contribution in [0.2, 0.25) is 0 Å². The van der Waals surface area contributed by atoms with Gasteiger partial charge in [0.05, 0.1) is 136 Å². The first kappa shape index (κ1) is 111. The van der Waals surface area contributed by atoms with Crippen LogP contribution in [-0.2, 0) is 92.0 Å². The molecule has 0 saturated heterocycles. The number of carbonyl (C=O) groups is 5. The maximum atomic E-state index is 12.6. The molecule has 5 heterocycles. The van der Waals surface area contributed by atoms with Gasteiger partial charge in [-0.1, -0.05) is 72.8 Å². The molecule has 0 aliphatic rings. The van der Waals surface area contributed by atoms with Crippen molar-refractivity contribution in [3.63, 3.8) is 0 Å². The van der Waals surface area contributed by atoms with E-state index in [-0.39, 0.29) is 156 Å². The van der Waals surface area contributed by atoms with E-state index in [1.807, 2.05) is 90.1 Å². The molecule has 11 rings (SSSR count). The fraction of sp³-hybridized carbons (Fsp3) is 0.321. The molecule has 10 N–H and O–H groups in total. The maximum Gasteiger partial charge on any atom is 1.00 e. The summed E-state index contributed by atoms with van der Waals surface area (Å²) in [6.07, 6.45) is -0.388. The number of nitrogens with one attached hydrogen (secondary N) is 7. The largest absolute Gasteiger partial charge is 1.00 e. The molecule has 5 aromatic heterocycles. The van der Waals surface area contributed by atoms with E-state index >= 15 is 0 Å². The minimum absolute atomic E-state index is 0. The summed E-state index contributed by atoms with van der Waals surface area (Å²) in [5.74, 6) is -13.7. The molecule has 0 spiro atoms. The van der Waals surface area contributed by atoms with Gasteiger partial charge in [0.2, 0.25) is 0 Å². The van der Waals surface area contributed by atoms with Crippen molar-refractivity contribution in [1.29, 1.82) is 21.0 Å². The van der Waals surface area contributed by atoms with E-state index in [0.29, 0.717) is 62.1 Å². The van der Waals surface area contributed by atoms with Gasteiger partial charge in [-0.15, -0.1) is 0 Å². The number of hydrogen-bond acceptors (Lipinski definition) is 37. The molecule has 10 atom stereocenters. The number of rotatable bonds is 40. The van der Waals surface area contributed by atoms with Gasteiger partial charge in [-0.05, 0) is 120 Å². The molecule has 6 aromatic carbocycles. The summed E-state index contributed by atoms with van der Waals surface area (Å²) in [7, 11) is 5.03. The number of carbonyl (C=O) groups excluding carboxylic acids is 2. The zero-order valence-electron chi connectivity index (χ0n) is 74.2. The third-order valence-electron chi connectivity index (χ3n) is 18.6. The number of benzene rings is 6. The van der Waals surface area contributed by atoms with Gasteiger partial charge in [0.1, 0.15) is 58.4 Å². The number of nitro groups is 2. The molecule has 0 bridgehead atoms. The van der Waals surface area contributed by atoms with Crippen LogP contribution in [0.1, 0.15) is 103 Å². The van der Waals surface area contributed by atoms with Gasteiger partial charge >= 0.3 is 99.6 Å². The molecule has 53 heteroatoms. The van der Waals surface area contributed by atoms with Crippen molar-refractivity contribution < 1.29 is 174 Å². The molecule has 0 aliphatic carbocycles. The van der Waals surface area contributed by atoms with Crippen LogP contribution in [0, 0.1) is 152 Å². The zero-order valence-corrected chi connectivity index (χ0v) is 79.9. The molecule has 0 saturated carbocycles. The van der Waals surface area contributed by atoms with E-state index in [2.05, 4.69) is 115 Å². The zero-order chi connectivity index (χ0) is 97.2. The van der Waals surface area contributed by atoms with Gasteiger partial charge in [-0.3, -0.25) is 69.5 Å². The number of H-pyrrole nitrogens is 5. The topological polar surface area (TPSA) is 732 Å². The van der Waals surface area contributed by atoms with Gasteiger partial charge in [0.25, 0.3) is 11.4 Å². The molecule has 49 nitrogen and oxygen atoms in total. The van der Waals surface area contributed by atoms with Crippen molar-refractivity contribution in [2.45, 2.75) is 92.4 Å².